The Morgan fingerprint density at radius 3 is 2.64 bits per heavy atom. The number of carbonyl (C=O) groups is 1. The summed E-state index contributed by atoms with van der Waals surface area (Å²) in [5, 5.41) is 0. The van der Waals surface area contributed by atoms with Gasteiger partial charge >= 0.3 is 0 Å². The molecule has 0 saturated carbocycles. The van der Waals surface area contributed by atoms with Crippen molar-refractivity contribution in [2.24, 2.45) is 0 Å². The molecular weight excluding hydrogens is 190 g/mol. The lowest BCUT2D eigenvalue weighted by atomic mass is 10.2. The summed E-state index contributed by atoms with van der Waals surface area (Å²) in [6, 6.07) is 0.667. The molecule has 5 heteroatoms. The van der Waals surface area contributed by atoms with Gasteiger partial charge in [-0.25, -0.2) is 13.8 Å². The average Bonchev–Trinajstić information content (AvgIpc) is 2.00. The second-order valence-electron chi connectivity index (χ2n) is 3.13. The molecule has 0 atom stereocenters. The molecule has 2 rings (SSSR count). The van der Waals surface area contributed by atoms with Crippen LogP contribution in [0.4, 0.5) is 8.78 Å². The van der Waals surface area contributed by atoms with Gasteiger partial charge in [-0.05, 0) is 6.42 Å². The van der Waals surface area contributed by atoms with Crippen LogP contribution in [-0.2, 0) is 0 Å². The lowest BCUT2D eigenvalue weighted by Gasteiger charge is -2.30. The van der Waals surface area contributed by atoms with E-state index in [1.807, 2.05) is 0 Å². The van der Waals surface area contributed by atoms with E-state index in [2.05, 4.69) is 4.98 Å². The fourth-order valence-corrected chi connectivity index (χ4v) is 1.24. The first-order valence-electron chi connectivity index (χ1n) is 4.29. The lowest BCUT2D eigenvalue weighted by molar-refractivity contribution is 0.0640. The molecule has 1 amide bonds. The molecule has 1 aromatic rings. The molecule has 0 radical (unpaired) electrons. The topological polar surface area (TPSA) is 33.2 Å². The summed E-state index contributed by atoms with van der Waals surface area (Å²) in [5.41, 5.74) is -0.300. The Hall–Kier alpha value is -1.52. The van der Waals surface area contributed by atoms with Gasteiger partial charge in [-0.1, -0.05) is 0 Å². The second kappa shape index (κ2) is 3.32. The number of rotatable bonds is 1. The number of nitrogens with zero attached hydrogens (tertiary/aromatic N) is 2. The minimum absolute atomic E-state index is 0.300. The van der Waals surface area contributed by atoms with E-state index in [0.717, 1.165) is 12.6 Å². The van der Waals surface area contributed by atoms with Crippen LogP contribution in [0.25, 0.3) is 0 Å². The van der Waals surface area contributed by atoms with Gasteiger partial charge in [-0.3, -0.25) is 4.79 Å². The third-order valence-electron chi connectivity index (χ3n) is 2.15. The molecular formula is C9H8F2N2O. The molecule has 1 aliphatic heterocycles. The normalized spacial score (nSPS) is 15.1. The Morgan fingerprint density at radius 1 is 1.43 bits per heavy atom. The van der Waals surface area contributed by atoms with Gasteiger partial charge in [-0.2, -0.15) is 0 Å². The standard InChI is InChI=1S/C9H8F2N2O/c10-6-4-7(11)8(12-5-6)9(14)13-2-1-3-13/h4-5H,1-3H2. The SMILES string of the molecule is O=C(c1ncc(F)cc1F)N1CCC1. The first-order chi connectivity index (χ1) is 6.68. The molecule has 0 unspecified atom stereocenters. The van der Waals surface area contributed by atoms with Crippen LogP contribution in [0.2, 0.25) is 0 Å². The van der Waals surface area contributed by atoms with Gasteiger partial charge in [0.2, 0.25) is 0 Å². The predicted molar refractivity (Wildman–Crippen MR) is 44.7 cm³/mol. The van der Waals surface area contributed by atoms with Crippen LogP contribution in [0.5, 0.6) is 0 Å². The van der Waals surface area contributed by atoms with Crippen molar-refractivity contribution in [1.29, 1.82) is 0 Å². The van der Waals surface area contributed by atoms with Crippen molar-refractivity contribution >= 4 is 5.91 Å². The Balaban J connectivity index is 2.26. The van der Waals surface area contributed by atoms with Crippen LogP contribution in [0.3, 0.4) is 0 Å². The number of amides is 1. The van der Waals surface area contributed by atoms with E-state index in [9.17, 15) is 13.6 Å². The molecule has 14 heavy (non-hydrogen) atoms. The van der Waals surface area contributed by atoms with Crippen LogP contribution in [0.1, 0.15) is 16.9 Å². The molecule has 0 bridgehead atoms. The summed E-state index contributed by atoms with van der Waals surface area (Å²) >= 11 is 0. The van der Waals surface area contributed by atoms with Crippen molar-refractivity contribution in [1.82, 2.24) is 9.88 Å². The first-order valence-corrected chi connectivity index (χ1v) is 4.29. The Bertz CT molecular complexity index is 377. The number of hydrogen-bond donors (Lipinski definition) is 0. The average molecular weight is 198 g/mol. The predicted octanol–water partition coefficient (Wildman–Crippen LogP) is 1.21. The van der Waals surface area contributed by atoms with Gasteiger partial charge in [0.1, 0.15) is 5.82 Å². The van der Waals surface area contributed by atoms with E-state index in [4.69, 9.17) is 0 Å². The third-order valence-corrected chi connectivity index (χ3v) is 2.15. The van der Waals surface area contributed by atoms with Gasteiger partial charge in [-0.15, -0.1) is 0 Å². The van der Waals surface area contributed by atoms with Gasteiger partial charge < -0.3 is 4.90 Å². The fourth-order valence-electron chi connectivity index (χ4n) is 1.24. The van der Waals surface area contributed by atoms with E-state index >= 15 is 0 Å². The second-order valence-corrected chi connectivity index (χ2v) is 3.13. The van der Waals surface area contributed by atoms with Crippen LogP contribution < -0.4 is 0 Å². The monoisotopic (exact) mass is 198 g/mol. The summed E-state index contributed by atoms with van der Waals surface area (Å²) in [4.78, 5) is 16.4. The summed E-state index contributed by atoms with van der Waals surface area (Å²) in [6.45, 7) is 1.24. The molecule has 1 fully saturated rings. The highest BCUT2D eigenvalue weighted by atomic mass is 19.1. The summed E-state index contributed by atoms with van der Waals surface area (Å²) < 4.78 is 25.6. The number of likely N-dealkylation sites (tertiary alicyclic amines) is 1. The number of hydrogen-bond acceptors (Lipinski definition) is 2. The number of halogens is 2. The van der Waals surface area contributed by atoms with Crippen molar-refractivity contribution in [3.8, 4) is 0 Å². The van der Waals surface area contributed by atoms with E-state index in [1.54, 1.807) is 0 Å². The minimum Gasteiger partial charge on any atom is -0.337 e. The van der Waals surface area contributed by atoms with E-state index in [1.165, 1.54) is 4.90 Å². The van der Waals surface area contributed by atoms with Crippen LogP contribution in [0.15, 0.2) is 12.3 Å². The van der Waals surface area contributed by atoms with Crippen LogP contribution in [0, 0.1) is 11.6 Å². The number of aromatic nitrogens is 1. The fraction of sp³-hybridized carbons (Fsp3) is 0.333. The molecule has 2 heterocycles. The van der Waals surface area contributed by atoms with Crippen LogP contribution >= 0.6 is 0 Å². The summed E-state index contributed by atoms with van der Waals surface area (Å²) in [7, 11) is 0. The molecule has 0 aromatic carbocycles. The first kappa shape index (κ1) is 9.05. The zero-order valence-electron chi connectivity index (χ0n) is 7.33. The van der Waals surface area contributed by atoms with Gasteiger partial charge in [0.25, 0.3) is 5.91 Å². The molecule has 74 valence electrons. The molecule has 0 spiro atoms. The zero-order chi connectivity index (χ0) is 10.1. The zero-order valence-corrected chi connectivity index (χ0v) is 7.33. The van der Waals surface area contributed by atoms with Crippen molar-refractivity contribution < 1.29 is 13.6 Å². The Labute approximate surface area is 79.4 Å². The quantitative estimate of drug-likeness (QED) is 0.679. The van der Waals surface area contributed by atoms with E-state index in [0.29, 0.717) is 19.2 Å². The van der Waals surface area contributed by atoms with Gasteiger partial charge in [0.15, 0.2) is 11.5 Å². The summed E-state index contributed by atoms with van der Waals surface area (Å²) in [6.07, 6.45) is 1.77. The Morgan fingerprint density at radius 2 is 2.14 bits per heavy atom. The maximum absolute atomic E-state index is 13.1. The lowest BCUT2D eigenvalue weighted by Crippen LogP contribution is -2.42. The largest absolute Gasteiger partial charge is 0.337 e. The third kappa shape index (κ3) is 1.45. The maximum Gasteiger partial charge on any atom is 0.275 e. The molecule has 0 aliphatic carbocycles. The van der Waals surface area contributed by atoms with Crippen molar-refractivity contribution in [3.63, 3.8) is 0 Å². The highest BCUT2D eigenvalue weighted by molar-refractivity contribution is 5.92. The van der Waals surface area contributed by atoms with Crippen molar-refractivity contribution in [3.05, 3.63) is 29.6 Å². The number of carbonyl (C=O) groups excluding carboxylic acids is 1. The van der Waals surface area contributed by atoms with Gasteiger partial charge in [0, 0.05) is 19.2 Å². The van der Waals surface area contributed by atoms with Crippen LogP contribution in [-0.4, -0.2) is 28.9 Å². The summed E-state index contributed by atoms with van der Waals surface area (Å²) in [5.74, 6) is -2.14. The van der Waals surface area contributed by atoms with Gasteiger partial charge in [0.05, 0.1) is 6.20 Å². The molecule has 0 N–H and O–H groups in total. The van der Waals surface area contributed by atoms with Crippen molar-refractivity contribution in [2.45, 2.75) is 6.42 Å². The maximum atomic E-state index is 13.1. The minimum atomic E-state index is -0.901. The molecule has 3 nitrogen and oxygen atoms in total. The molecule has 1 saturated heterocycles. The Kier molecular flexibility index (Phi) is 2.15. The molecule has 1 aromatic heterocycles. The van der Waals surface area contributed by atoms with Crippen molar-refractivity contribution in [2.75, 3.05) is 13.1 Å². The highest BCUT2D eigenvalue weighted by Gasteiger charge is 2.25. The molecule has 1 aliphatic rings. The highest BCUT2D eigenvalue weighted by Crippen LogP contribution is 2.13. The smallest absolute Gasteiger partial charge is 0.275 e. The number of pyridine rings is 1. The van der Waals surface area contributed by atoms with E-state index < -0.39 is 17.5 Å². The van der Waals surface area contributed by atoms with E-state index in [-0.39, 0.29) is 5.69 Å².